The zero-order valence-electron chi connectivity index (χ0n) is 18.0. The van der Waals surface area contributed by atoms with E-state index in [1.54, 1.807) is 0 Å². The molecule has 0 aliphatic carbocycles. The van der Waals surface area contributed by atoms with E-state index in [1.807, 2.05) is 61.1 Å². The number of rotatable bonds is 6. The van der Waals surface area contributed by atoms with Crippen LogP contribution in [0, 0.1) is 0 Å². The topological polar surface area (TPSA) is 92.7 Å². The Morgan fingerprint density at radius 2 is 1.71 bits per heavy atom. The molecule has 8 heteroatoms. The van der Waals surface area contributed by atoms with E-state index in [4.69, 9.17) is 0 Å². The number of carbonyl (C=O) groups is 3. The van der Waals surface area contributed by atoms with E-state index in [0.717, 1.165) is 16.5 Å². The summed E-state index contributed by atoms with van der Waals surface area (Å²) in [5, 5.41) is 6.36. The molecule has 1 aromatic heterocycles. The third-order valence-electron chi connectivity index (χ3n) is 5.14. The lowest BCUT2D eigenvalue weighted by Crippen LogP contribution is -2.40. The summed E-state index contributed by atoms with van der Waals surface area (Å²) < 4.78 is 6.69. The highest BCUT2D eigenvalue weighted by Gasteiger charge is 2.22. The van der Waals surface area contributed by atoms with Gasteiger partial charge in [-0.3, -0.25) is 9.59 Å². The molecule has 0 unspecified atom stereocenters. The number of carbonyl (C=O) groups excluding carboxylic acids is 3. The minimum absolute atomic E-state index is 0.109. The summed E-state index contributed by atoms with van der Waals surface area (Å²) in [4.78, 5) is 38.2. The molecule has 0 aliphatic heterocycles. The van der Waals surface area contributed by atoms with Crippen LogP contribution in [-0.4, -0.2) is 55.0 Å². The van der Waals surface area contributed by atoms with Crippen molar-refractivity contribution < 1.29 is 19.1 Å². The zero-order valence-corrected chi connectivity index (χ0v) is 18.0. The van der Waals surface area contributed by atoms with Crippen LogP contribution in [0.5, 0.6) is 0 Å². The van der Waals surface area contributed by atoms with Gasteiger partial charge in [0.1, 0.15) is 0 Å². The molecule has 8 nitrogen and oxygen atoms in total. The zero-order chi connectivity index (χ0) is 22.5. The van der Waals surface area contributed by atoms with Crippen LogP contribution in [0.4, 0.5) is 5.69 Å². The van der Waals surface area contributed by atoms with Gasteiger partial charge in [-0.2, -0.15) is 0 Å². The fraction of sp³-hybridized carbons (Fsp3) is 0.261. The molecule has 0 saturated carbocycles. The van der Waals surface area contributed by atoms with Gasteiger partial charge in [0.2, 0.25) is 0 Å². The third-order valence-corrected chi connectivity index (χ3v) is 5.14. The minimum atomic E-state index is -0.777. The molecule has 1 heterocycles. The van der Waals surface area contributed by atoms with Crippen molar-refractivity contribution in [3.8, 4) is 0 Å². The van der Waals surface area contributed by atoms with Crippen LogP contribution in [-0.2, 0) is 21.4 Å². The predicted octanol–water partition coefficient (Wildman–Crippen LogP) is 2.32. The maximum Gasteiger partial charge on any atom is 0.337 e. The number of aromatic nitrogens is 1. The standard InChI is InChI=1S/C23H26N4O4/c1-26(2)20(18-14-27(3)19-8-6-5-7-17(18)19)13-24-21(28)22(29)25-16-11-9-15(10-12-16)23(30)31-4/h5-12,14,20H,13H2,1-4H3,(H,24,28)(H,25,29)/t20-/m0/s1. The van der Waals surface area contributed by atoms with Gasteiger partial charge in [0.25, 0.3) is 0 Å². The summed E-state index contributed by atoms with van der Waals surface area (Å²) >= 11 is 0. The van der Waals surface area contributed by atoms with Gasteiger partial charge in [0, 0.05) is 36.4 Å². The van der Waals surface area contributed by atoms with Gasteiger partial charge in [-0.1, -0.05) is 18.2 Å². The summed E-state index contributed by atoms with van der Waals surface area (Å²) in [5.74, 6) is -1.98. The number of hydrogen-bond donors (Lipinski definition) is 2. The van der Waals surface area contributed by atoms with Gasteiger partial charge in [-0.15, -0.1) is 0 Å². The average Bonchev–Trinajstić information content (AvgIpc) is 3.10. The van der Waals surface area contributed by atoms with Crippen molar-refractivity contribution >= 4 is 34.4 Å². The maximum absolute atomic E-state index is 12.4. The van der Waals surface area contributed by atoms with Crippen molar-refractivity contribution in [2.45, 2.75) is 6.04 Å². The van der Waals surface area contributed by atoms with Gasteiger partial charge in [-0.05, 0) is 50.0 Å². The second kappa shape index (κ2) is 9.44. The number of nitrogens with zero attached hydrogens (tertiary/aromatic N) is 2. The van der Waals surface area contributed by atoms with Crippen LogP contribution < -0.4 is 10.6 Å². The van der Waals surface area contributed by atoms with Crippen molar-refractivity contribution in [2.24, 2.45) is 7.05 Å². The van der Waals surface area contributed by atoms with Crippen molar-refractivity contribution in [2.75, 3.05) is 33.1 Å². The highest BCUT2D eigenvalue weighted by atomic mass is 16.5. The van der Waals surface area contributed by atoms with E-state index < -0.39 is 17.8 Å². The number of hydrogen-bond acceptors (Lipinski definition) is 5. The molecule has 0 bridgehead atoms. The molecule has 0 aliphatic rings. The number of esters is 1. The molecule has 31 heavy (non-hydrogen) atoms. The van der Waals surface area contributed by atoms with Crippen molar-refractivity contribution in [1.82, 2.24) is 14.8 Å². The molecular weight excluding hydrogens is 396 g/mol. The Morgan fingerprint density at radius 3 is 2.35 bits per heavy atom. The molecule has 0 saturated heterocycles. The first kappa shape index (κ1) is 22.0. The number of amides is 2. The number of aryl methyl sites for hydroxylation is 1. The number of benzene rings is 2. The molecule has 0 fully saturated rings. The molecule has 3 rings (SSSR count). The number of methoxy groups -OCH3 is 1. The monoisotopic (exact) mass is 422 g/mol. The Labute approximate surface area is 180 Å². The molecule has 2 N–H and O–H groups in total. The Kier molecular flexibility index (Phi) is 6.71. The SMILES string of the molecule is COC(=O)c1ccc(NC(=O)C(=O)NC[C@@H](c2cn(C)c3ccccc23)N(C)C)cc1. The molecule has 0 spiro atoms. The number of nitrogens with one attached hydrogen (secondary N) is 2. The smallest absolute Gasteiger partial charge is 0.337 e. The Balaban J connectivity index is 1.66. The van der Waals surface area contributed by atoms with E-state index >= 15 is 0 Å². The van der Waals surface area contributed by atoms with E-state index in [-0.39, 0.29) is 12.6 Å². The fourth-order valence-corrected chi connectivity index (χ4v) is 3.47. The molecule has 3 aromatic rings. The fourth-order valence-electron chi connectivity index (χ4n) is 3.47. The van der Waals surface area contributed by atoms with E-state index in [0.29, 0.717) is 11.3 Å². The number of likely N-dealkylation sites (N-methyl/N-ethyl adjacent to an activating group) is 1. The number of ether oxygens (including phenoxy) is 1. The average molecular weight is 422 g/mol. The number of para-hydroxylation sites is 1. The molecule has 1 atom stereocenters. The summed E-state index contributed by atoms with van der Waals surface area (Å²) in [5.41, 5.74) is 2.94. The lowest BCUT2D eigenvalue weighted by atomic mass is 10.0. The van der Waals surface area contributed by atoms with Crippen molar-refractivity contribution in [3.63, 3.8) is 0 Å². The minimum Gasteiger partial charge on any atom is -0.465 e. The van der Waals surface area contributed by atoms with Gasteiger partial charge in [0.15, 0.2) is 0 Å². The lowest BCUT2D eigenvalue weighted by Gasteiger charge is -2.24. The predicted molar refractivity (Wildman–Crippen MR) is 119 cm³/mol. The quantitative estimate of drug-likeness (QED) is 0.470. The number of fused-ring (bicyclic) bond motifs is 1. The molecular formula is C23H26N4O4. The van der Waals surface area contributed by atoms with E-state index in [1.165, 1.54) is 31.4 Å². The van der Waals surface area contributed by atoms with Crippen LogP contribution in [0.2, 0.25) is 0 Å². The summed E-state index contributed by atoms with van der Waals surface area (Å²) in [7, 11) is 7.14. The Bertz CT molecular complexity index is 1100. The van der Waals surface area contributed by atoms with Gasteiger partial charge < -0.3 is 24.8 Å². The number of anilines is 1. The van der Waals surface area contributed by atoms with Gasteiger partial charge >= 0.3 is 17.8 Å². The lowest BCUT2D eigenvalue weighted by molar-refractivity contribution is -0.136. The second-order valence-corrected chi connectivity index (χ2v) is 7.42. The molecule has 2 aromatic carbocycles. The van der Waals surface area contributed by atoms with Crippen LogP contribution in [0.1, 0.15) is 22.0 Å². The van der Waals surface area contributed by atoms with Crippen molar-refractivity contribution in [3.05, 3.63) is 65.9 Å². The highest BCUT2D eigenvalue weighted by Crippen LogP contribution is 2.28. The summed E-state index contributed by atoms with van der Waals surface area (Å²) in [6.45, 7) is 0.272. The van der Waals surface area contributed by atoms with Crippen LogP contribution in [0.3, 0.4) is 0 Å². The van der Waals surface area contributed by atoms with E-state index in [2.05, 4.69) is 15.4 Å². The first-order valence-electron chi connectivity index (χ1n) is 9.79. The van der Waals surface area contributed by atoms with Crippen LogP contribution in [0.25, 0.3) is 10.9 Å². The van der Waals surface area contributed by atoms with E-state index in [9.17, 15) is 14.4 Å². The molecule has 0 radical (unpaired) electrons. The third kappa shape index (κ3) is 4.92. The normalized spacial score (nSPS) is 11.9. The second-order valence-electron chi connectivity index (χ2n) is 7.42. The summed E-state index contributed by atoms with van der Waals surface area (Å²) in [6.07, 6.45) is 2.05. The first-order chi connectivity index (χ1) is 14.8. The van der Waals surface area contributed by atoms with Gasteiger partial charge in [0.05, 0.1) is 18.7 Å². The van der Waals surface area contributed by atoms with Crippen LogP contribution in [0.15, 0.2) is 54.7 Å². The Hall–Kier alpha value is -3.65. The van der Waals surface area contributed by atoms with Gasteiger partial charge in [-0.25, -0.2) is 4.79 Å². The van der Waals surface area contributed by atoms with Crippen molar-refractivity contribution in [1.29, 1.82) is 0 Å². The molecule has 162 valence electrons. The molecule has 2 amide bonds. The Morgan fingerprint density at radius 1 is 1.03 bits per heavy atom. The highest BCUT2D eigenvalue weighted by molar-refractivity contribution is 6.39. The summed E-state index contributed by atoms with van der Waals surface area (Å²) in [6, 6.07) is 14.1. The van der Waals surface area contributed by atoms with Crippen LogP contribution >= 0.6 is 0 Å². The largest absolute Gasteiger partial charge is 0.465 e. The maximum atomic E-state index is 12.4. The first-order valence-corrected chi connectivity index (χ1v) is 9.79.